The van der Waals surface area contributed by atoms with Gasteiger partial charge in [0.2, 0.25) is 11.8 Å². The molecule has 0 N–H and O–H groups in total. The summed E-state index contributed by atoms with van der Waals surface area (Å²) in [5, 5.41) is 0. The van der Waals surface area contributed by atoms with Crippen LogP contribution < -0.4 is 0 Å². The van der Waals surface area contributed by atoms with Crippen LogP contribution in [0, 0.1) is 11.3 Å². The monoisotopic (exact) mass is 308 g/mol. The van der Waals surface area contributed by atoms with E-state index in [1.54, 1.807) is 23.8 Å². The van der Waals surface area contributed by atoms with Gasteiger partial charge in [0, 0.05) is 32.8 Å². The Bertz CT molecular complexity index is 427. The molecule has 1 unspecified atom stereocenters. The molecule has 0 radical (unpaired) electrons. The maximum absolute atomic E-state index is 11.8. The fourth-order valence-corrected chi connectivity index (χ4v) is 2.72. The van der Waals surface area contributed by atoms with Crippen LogP contribution in [0.25, 0.3) is 0 Å². The first-order valence-corrected chi connectivity index (χ1v) is 7.78. The fraction of sp³-hybridized carbons (Fsp3) is 0.667. The average molecular weight is 308 g/mol. The summed E-state index contributed by atoms with van der Waals surface area (Å²) < 4.78 is 0. The number of carbonyl (C=O) groups excluding carboxylic acids is 2. The molecule has 0 spiro atoms. The predicted molar refractivity (Wildman–Crippen MR) is 92.5 cm³/mol. The number of amides is 2. The summed E-state index contributed by atoms with van der Waals surface area (Å²) in [5.74, 6) is 0.348. The van der Waals surface area contributed by atoms with Crippen LogP contribution in [0.2, 0.25) is 0 Å². The van der Waals surface area contributed by atoms with Crippen molar-refractivity contribution in [1.29, 1.82) is 0 Å². The normalized spacial score (nSPS) is 12.5. The van der Waals surface area contributed by atoms with Crippen molar-refractivity contribution in [2.75, 3.05) is 27.2 Å². The molecule has 1 atom stereocenters. The lowest BCUT2D eigenvalue weighted by molar-refractivity contribution is -0.127. The number of likely N-dealkylation sites (N-methyl/N-ethyl adjacent to an activating group) is 2. The molecule has 0 aromatic heterocycles. The maximum Gasteiger partial charge on any atom is 0.248 e. The second-order valence-corrected chi connectivity index (χ2v) is 7.15. The van der Waals surface area contributed by atoms with Crippen LogP contribution >= 0.6 is 0 Å². The average Bonchev–Trinajstić information content (AvgIpc) is 2.41. The van der Waals surface area contributed by atoms with Gasteiger partial charge in [-0.25, -0.2) is 0 Å². The second-order valence-electron chi connectivity index (χ2n) is 7.15. The summed E-state index contributed by atoms with van der Waals surface area (Å²) in [5.41, 5.74) is 0.681. The molecule has 0 aromatic carbocycles. The van der Waals surface area contributed by atoms with Crippen LogP contribution in [-0.4, -0.2) is 48.8 Å². The quantitative estimate of drug-likeness (QED) is 0.614. The Morgan fingerprint density at radius 3 is 2.23 bits per heavy atom. The third kappa shape index (κ3) is 7.43. The predicted octanol–water partition coefficient (Wildman–Crippen LogP) is 3.11. The van der Waals surface area contributed by atoms with Crippen molar-refractivity contribution in [1.82, 2.24) is 9.80 Å². The van der Waals surface area contributed by atoms with E-state index in [1.165, 1.54) is 6.08 Å². The first-order valence-electron chi connectivity index (χ1n) is 7.78. The molecule has 0 saturated heterocycles. The van der Waals surface area contributed by atoms with Crippen molar-refractivity contribution in [2.45, 2.75) is 40.5 Å². The molecule has 2 amide bonds. The molecule has 4 heteroatoms. The zero-order chi connectivity index (χ0) is 17.5. The molecule has 0 aromatic rings. The van der Waals surface area contributed by atoms with Gasteiger partial charge in [-0.15, -0.1) is 0 Å². The van der Waals surface area contributed by atoms with Crippen molar-refractivity contribution < 1.29 is 9.59 Å². The molecule has 0 rings (SSSR count). The van der Waals surface area contributed by atoms with Crippen molar-refractivity contribution >= 4 is 11.8 Å². The Labute approximate surface area is 135 Å². The van der Waals surface area contributed by atoms with E-state index in [2.05, 4.69) is 33.9 Å². The smallest absolute Gasteiger partial charge is 0.248 e. The van der Waals surface area contributed by atoms with Gasteiger partial charge in [-0.05, 0) is 37.2 Å². The fourth-order valence-electron chi connectivity index (χ4n) is 2.72. The van der Waals surface area contributed by atoms with E-state index in [0.717, 1.165) is 19.4 Å². The largest absolute Gasteiger partial charge is 0.342 e. The van der Waals surface area contributed by atoms with E-state index >= 15 is 0 Å². The SMILES string of the molecule is C=CC(=O)N(C)CCC(C)(C)CC(C)CN(C)C(=O)C(=C)C. The van der Waals surface area contributed by atoms with E-state index in [0.29, 0.717) is 18.0 Å². The molecular weight excluding hydrogens is 276 g/mol. The Morgan fingerprint density at radius 2 is 1.77 bits per heavy atom. The summed E-state index contributed by atoms with van der Waals surface area (Å²) in [6, 6.07) is 0. The molecule has 0 fully saturated rings. The van der Waals surface area contributed by atoms with Crippen molar-refractivity contribution in [3.8, 4) is 0 Å². The van der Waals surface area contributed by atoms with Crippen LogP contribution in [0.5, 0.6) is 0 Å². The van der Waals surface area contributed by atoms with Crippen molar-refractivity contribution in [3.63, 3.8) is 0 Å². The van der Waals surface area contributed by atoms with Gasteiger partial charge in [-0.1, -0.05) is 33.9 Å². The molecule has 0 aliphatic heterocycles. The van der Waals surface area contributed by atoms with E-state index in [9.17, 15) is 9.59 Å². The minimum atomic E-state index is -0.0457. The molecule has 0 bridgehead atoms. The third-order valence-electron chi connectivity index (χ3n) is 3.87. The number of rotatable bonds is 9. The molecule has 126 valence electrons. The second kappa shape index (κ2) is 8.76. The van der Waals surface area contributed by atoms with Gasteiger partial charge in [-0.2, -0.15) is 0 Å². The Morgan fingerprint density at radius 1 is 1.23 bits per heavy atom. The van der Waals surface area contributed by atoms with Gasteiger partial charge in [-0.3, -0.25) is 9.59 Å². The highest BCUT2D eigenvalue weighted by Gasteiger charge is 2.23. The molecule has 0 aliphatic carbocycles. The van der Waals surface area contributed by atoms with E-state index < -0.39 is 0 Å². The lowest BCUT2D eigenvalue weighted by Crippen LogP contribution is -2.34. The first kappa shape index (κ1) is 20.4. The van der Waals surface area contributed by atoms with Crippen LogP contribution in [0.3, 0.4) is 0 Å². The van der Waals surface area contributed by atoms with Gasteiger partial charge in [0.1, 0.15) is 0 Å². The zero-order valence-electron chi connectivity index (χ0n) is 15.1. The van der Waals surface area contributed by atoms with Crippen LogP contribution in [-0.2, 0) is 9.59 Å². The van der Waals surface area contributed by atoms with Crippen LogP contribution in [0.15, 0.2) is 24.8 Å². The van der Waals surface area contributed by atoms with Gasteiger partial charge in [0.05, 0.1) is 0 Å². The summed E-state index contributed by atoms with van der Waals surface area (Å²) >= 11 is 0. The third-order valence-corrected chi connectivity index (χ3v) is 3.87. The van der Waals surface area contributed by atoms with Crippen LogP contribution in [0.4, 0.5) is 0 Å². The molecular formula is C18H32N2O2. The number of hydrogen-bond acceptors (Lipinski definition) is 2. The summed E-state index contributed by atoms with van der Waals surface area (Å²) in [7, 11) is 3.61. The molecule has 0 aliphatic rings. The standard InChI is InChI=1S/C18H32N2O2/c1-9-16(21)19(7)11-10-18(5,6)12-15(4)13-20(8)17(22)14(2)3/h9,15H,1-2,10-13H2,3-8H3. The van der Waals surface area contributed by atoms with Crippen LogP contribution in [0.1, 0.15) is 40.5 Å². The Kier molecular flexibility index (Phi) is 8.13. The van der Waals surface area contributed by atoms with Gasteiger partial charge in [0.25, 0.3) is 0 Å². The van der Waals surface area contributed by atoms with Gasteiger partial charge >= 0.3 is 0 Å². The van der Waals surface area contributed by atoms with E-state index in [4.69, 9.17) is 0 Å². The molecule has 0 heterocycles. The van der Waals surface area contributed by atoms with Crippen molar-refractivity contribution in [2.24, 2.45) is 11.3 Å². The minimum Gasteiger partial charge on any atom is -0.342 e. The summed E-state index contributed by atoms with van der Waals surface area (Å²) in [6.45, 7) is 16.9. The first-order chi connectivity index (χ1) is 10.00. The number of nitrogens with zero attached hydrogens (tertiary/aromatic N) is 2. The number of carbonyl (C=O) groups is 2. The highest BCUT2D eigenvalue weighted by Crippen LogP contribution is 2.29. The topological polar surface area (TPSA) is 40.6 Å². The highest BCUT2D eigenvalue weighted by atomic mass is 16.2. The van der Waals surface area contributed by atoms with Gasteiger partial charge < -0.3 is 9.80 Å². The molecule has 22 heavy (non-hydrogen) atoms. The maximum atomic E-state index is 11.8. The summed E-state index contributed by atoms with van der Waals surface area (Å²) in [4.78, 5) is 26.8. The number of hydrogen-bond donors (Lipinski definition) is 0. The Hall–Kier alpha value is -1.58. The lowest BCUT2D eigenvalue weighted by Gasteiger charge is -2.31. The van der Waals surface area contributed by atoms with Crippen molar-refractivity contribution in [3.05, 3.63) is 24.8 Å². The van der Waals surface area contributed by atoms with Gasteiger partial charge in [0.15, 0.2) is 0 Å². The minimum absolute atomic E-state index is 0.000897. The van der Waals surface area contributed by atoms with E-state index in [-0.39, 0.29) is 17.2 Å². The van der Waals surface area contributed by atoms with E-state index in [1.807, 2.05) is 7.05 Å². The zero-order valence-corrected chi connectivity index (χ0v) is 15.1. The summed E-state index contributed by atoms with van der Waals surface area (Å²) in [6.07, 6.45) is 3.26. The lowest BCUT2D eigenvalue weighted by atomic mass is 9.80. The Balaban J connectivity index is 4.39. The molecule has 4 nitrogen and oxygen atoms in total. The highest BCUT2D eigenvalue weighted by molar-refractivity contribution is 5.91. The molecule has 0 saturated carbocycles.